The highest BCUT2D eigenvalue weighted by Gasteiger charge is 2.06. The van der Waals surface area contributed by atoms with Gasteiger partial charge in [0.1, 0.15) is 5.01 Å². The number of hydrogen-bond acceptors (Lipinski definition) is 4. The van der Waals surface area contributed by atoms with Crippen molar-refractivity contribution in [3.05, 3.63) is 52.0 Å². The van der Waals surface area contributed by atoms with Crippen molar-refractivity contribution in [3.63, 3.8) is 0 Å². The molecule has 4 nitrogen and oxygen atoms in total. The highest BCUT2D eigenvalue weighted by molar-refractivity contribution is 7.09. The number of hydrogen-bond donors (Lipinski definition) is 2. The maximum Gasteiger partial charge on any atom is 0.251 e. The number of carbonyl (C=O) groups is 1. The molecule has 0 atom stereocenters. The third-order valence-electron chi connectivity index (χ3n) is 2.34. The quantitative estimate of drug-likeness (QED) is 0.829. The molecule has 96 valence electrons. The van der Waals surface area contributed by atoms with Crippen molar-refractivity contribution >= 4 is 17.2 Å². The van der Waals surface area contributed by atoms with Crippen LogP contribution in [0.3, 0.4) is 0 Å². The number of amides is 1. The number of carbonyl (C=O) groups excluding carboxylic acids is 1. The molecule has 1 amide bonds. The fourth-order valence-corrected chi connectivity index (χ4v) is 2.05. The topological polar surface area (TPSA) is 68.0 Å². The molecular formula is C14H13N3OS. The molecule has 0 aliphatic carbocycles. The molecule has 0 aliphatic heterocycles. The van der Waals surface area contributed by atoms with Crippen molar-refractivity contribution < 1.29 is 4.79 Å². The van der Waals surface area contributed by atoms with E-state index in [0.717, 1.165) is 10.6 Å². The normalized spacial score (nSPS) is 9.53. The SMILES string of the molecule is NCC#Cc1cccc(C(=O)NCc2nccs2)c1. The maximum atomic E-state index is 12.0. The molecule has 19 heavy (non-hydrogen) atoms. The lowest BCUT2D eigenvalue weighted by atomic mass is 10.1. The molecule has 0 spiro atoms. The van der Waals surface area contributed by atoms with Crippen molar-refractivity contribution in [3.8, 4) is 11.8 Å². The molecule has 0 bridgehead atoms. The Morgan fingerprint density at radius 2 is 2.37 bits per heavy atom. The molecule has 1 aromatic heterocycles. The van der Waals surface area contributed by atoms with Crippen LogP contribution in [0.15, 0.2) is 35.8 Å². The van der Waals surface area contributed by atoms with Gasteiger partial charge in [-0.3, -0.25) is 4.79 Å². The van der Waals surface area contributed by atoms with Gasteiger partial charge >= 0.3 is 0 Å². The van der Waals surface area contributed by atoms with Crippen LogP contribution in [0.2, 0.25) is 0 Å². The Balaban J connectivity index is 2.02. The van der Waals surface area contributed by atoms with E-state index in [-0.39, 0.29) is 5.91 Å². The second-order valence-electron chi connectivity index (χ2n) is 3.70. The predicted octanol–water partition coefficient (Wildman–Crippen LogP) is 1.38. The third-order valence-corrected chi connectivity index (χ3v) is 3.12. The van der Waals surface area contributed by atoms with Gasteiger partial charge in [0.05, 0.1) is 13.1 Å². The van der Waals surface area contributed by atoms with Crippen LogP contribution in [-0.2, 0) is 6.54 Å². The summed E-state index contributed by atoms with van der Waals surface area (Å²) in [5.41, 5.74) is 6.69. The zero-order chi connectivity index (χ0) is 13.5. The molecule has 0 saturated carbocycles. The lowest BCUT2D eigenvalue weighted by Gasteiger charge is -2.03. The number of nitrogens with one attached hydrogen (secondary N) is 1. The molecule has 1 heterocycles. The summed E-state index contributed by atoms with van der Waals surface area (Å²) < 4.78 is 0. The molecular weight excluding hydrogens is 258 g/mol. The number of nitrogens with zero attached hydrogens (tertiary/aromatic N) is 1. The van der Waals surface area contributed by atoms with Gasteiger partial charge in [-0.1, -0.05) is 17.9 Å². The van der Waals surface area contributed by atoms with E-state index in [2.05, 4.69) is 22.1 Å². The van der Waals surface area contributed by atoms with E-state index >= 15 is 0 Å². The first-order chi connectivity index (χ1) is 9.29. The van der Waals surface area contributed by atoms with Gasteiger partial charge in [0.25, 0.3) is 5.91 Å². The van der Waals surface area contributed by atoms with Crippen LogP contribution in [0, 0.1) is 11.8 Å². The number of benzene rings is 1. The lowest BCUT2D eigenvalue weighted by molar-refractivity contribution is 0.0951. The molecule has 2 aromatic rings. The second-order valence-corrected chi connectivity index (χ2v) is 4.67. The zero-order valence-electron chi connectivity index (χ0n) is 10.2. The monoisotopic (exact) mass is 271 g/mol. The summed E-state index contributed by atoms with van der Waals surface area (Å²) in [5.74, 6) is 5.53. The molecule has 0 fully saturated rings. The summed E-state index contributed by atoms with van der Waals surface area (Å²) in [4.78, 5) is 16.1. The predicted molar refractivity (Wildman–Crippen MR) is 75.7 cm³/mol. The molecule has 0 unspecified atom stereocenters. The molecule has 1 aromatic carbocycles. The Hall–Kier alpha value is -2.16. The maximum absolute atomic E-state index is 12.0. The summed E-state index contributed by atoms with van der Waals surface area (Å²) in [7, 11) is 0. The van der Waals surface area contributed by atoms with Crippen LogP contribution >= 0.6 is 11.3 Å². The Morgan fingerprint density at radius 3 is 3.11 bits per heavy atom. The number of rotatable bonds is 3. The van der Waals surface area contributed by atoms with Gasteiger partial charge in [0.15, 0.2) is 0 Å². The summed E-state index contributed by atoms with van der Waals surface area (Å²) in [6.07, 6.45) is 1.72. The first-order valence-corrected chi connectivity index (χ1v) is 6.63. The van der Waals surface area contributed by atoms with E-state index in [1.165, 1.54) is 11.3 Å². The van der Waals surface area contributed by atoms with Crippen molar-refractivity contribution in [2.45, 2.75) is 6.54 Å². The van der Waals surface area contributed by atoms with Crippen molar-refractivity contribution in [1.29, 1.82) is 0 Å². The van der Waals surface area contributed by atoms with E-state index in [1.807, 2.05) is 11.4 Å². The molecule has 0 saturated heterocycles. The Kier molecular flexibility index (Phi) is 4.67. The van der Waals surface area contributed by atoms with Crippen LogP contribution in [-0.4, -0.2) is 17.4 Å². The number of nitrogens with two attached hydrogens (primary N) is 1. The van der Waals surface area contributed by atoms with Gasteiger partial charge < -0.3 is 11.1 Å². The zero-order valence-corrected chi connectivity index (χ0v) is 11.0. The van der Waals surface area contributed by atoms with Gasteiger partial charge in [-0.05, 0) is 18.2 Å². The minimum absolute atomic E-state index is 0.133. The largest absolute Gasteiger partial charge is 0.346 e. The average Bonchev–Trinajstić information content (AvgIpc) is 2.96. The fraction of sp³-hybridized carbons (Fsp3) is 0.143. The number of thiazole rings is 1. The van der Waals surface area contributed by atoms with Gasteiger partial charge in [0.2, 0.25) is 0 Å². The van der Waals surface area contributed by atoms with E-state index in [4.69, 9.17) is 5.73 Å². The van der Waals surface area contributed by atoms with Gasteiger partial charge in [-0.25, -0.2) is 4.98 Å². The fourth-order valence-electron chi connectivity index (χ4n) is 1.49. The highest BCUT2D eigenvalue weighted by atomic mass is 32.1. The van der Waals surface area contributed by atoms with Crippen LogP contribution in [0.5, 0.6) is 0 Å². The smallest absolute Gasteiger partial charge is 0.251 e. The van der Waals surface area contributed by atoms with Crippen LogP contribution < -0.4 is 11.1 Å². The first kappa shape index (κ1) is 13.3. The van der Waals surface area contributed by atoms with Crippen molar-refractivity contribution in [2.75, 3.05) is 6.54 Å². The van der Waals surface area contributed by atoms with Gasteiger partial charge in [-0.2, -0.15) is 0 Å². The van der Waals surface area contributed by atoms with E-state index < -0.39 is 0 Å². The number of aromatic nitrogens is 1. The molecule has 2 rings (SSSR count). The van der Waals surface area contributed by atoms with Crippen molar-refractivity contribution in [1.82, 2.24) is 10.3 Å². The van der Waals surface area contributed by atoms with E-state index in [0.29, 0.717) is 18.7 Å². The van der Waals surface area contributed by atoms with E-state index in [9.17, 15) is 4.79 Å². The summed E-state index contributed by atoms with van der Waals surface area (Å²) >= 11 is 1.51. The molecule has 5 heteroatoms. The minimum atomic E-state index is -0.133. The molecule has 3 N–H and O–H groups in total. The van der Waals surface area contributed by atoms with Crippen LogP contribution in [0.1, 0.15) is 20.9 Å². The molecule has 0 aliphatic rings. The van der Waals surface area contributed by atoms with Crippen LogP contribution in [0.4, 0.5) is 0 Å². The molecule has 0 radical (unpaired) electrons. The summed E-state index contributed by atoms with van der Waals surface area (Å²) in [5, 5.41) is 5.58. The van der Waals surface area contributed by atoms with Gasteiger partial charge in [0, 0.05) is 22.7 Å². The third kappa shape index (κ3) is 3.91. The average molecular weight is 271 g/mol. The highest BCUT2D eigenvalue weighted by Crippen LogP contribution is 2.06. The standard InChI is InChI=1S/C14H13N3OS/c15-6-2-4-11-3-1-5-12(9-11)14(18)17-10-13-16-7-8-19-13/h1,3,5,7-9H,6,10,15H2,(H,17,18). The van der Waals surface area contributed by atoms with Crippen LogP contribution in [0.25, 0.3) is 0 Å². The summed E-state index contributed by atoms with van der Waals surface area (Å²) in [6, 6.07) is 7.16. The van der Waals surface area contributed by atoms with Crippen molar-refractivity contribution in [2.24, 2.45) is 5.73 Å². The minimum Gasteiger partial charge on any atom is -0.346 e. The summed E-state index contributed by atoms with van der Waals surface area (Å²) in [6.45, 7) is 0.746. The Morgan fingerprint density at radius 1 is 1.47 bits per heavy atom. The Bertz CT molecular complexity index is 611. The van der Waals surface area contributed by atoms with Gasteiger partial charge in [-0.15, -0.1) is 11.3 Å². The second kappa shape index (κ2) is 6.69. The van der Waals surface area contributed by atoms with E-state index in [1.54, 1.807) is 24.4 Å². The Labute approximate surface area is 115 Å². The lowest BCUT2D eigenvalue weighted by Crippen LogP contribution is -2.22. The first-order valence-electron chi connectivity index (χ1n) is 5.75.